The summed E-state index contributed by atoms with van der Waals surface area (Å²) in [6, 6.07) is 16.2. The van der Waals surface area contributed by atoms with Crippen molar-refractivity contribution in [1.82, 2.24) is 4.98 Å². The molecule has 3 rings (SSSR count). The molecule has 2 nitrogen and oxygen atoms in total. The second kappa shape index (κ2) is 5.23. The van der Waals surface area contributed by atoms with Crippen molar-refractivity contribution in [2.24, 2.45) is 0 Å². The van der Waals surface area contributed by atoms with E-state index in [0.29, 0.717) is 0 Å². The highest BCUT2D eigenvalue weighted by atomic mass is 79.9. The number of rotatable bonds is 2. The molecular formula is C15H11BrN2S. The van der Waals surface area contributed by atoms with Gasteiger partial charge in [-0.2, -0.15) is 0 Å². The van der Waals surface area contributed by atoms with Gasteiger partial charge in [0, 0.05) is 25.8 Å². The monoisotopic (exact) mass is 330 g/mol. The van der Waals surface area contributed by atoms with Gasteiger partial charge in [0.25, 0.3) is 0 Å². The molecule has 0 saturated heterocycles. The highest BCUT2D eigenvalue weighted by Crippen LogP contribution is 2.35. The summed E-state index contributed by atoms with van der Waals surface area (Å²) >= 11 is 5.16. The fourth-order valence-electron chi connectivity index (χ4n) is 1.89. The molecule has 0 atom stereocenters. The van der Waals surface area contributed by atoms with Gasteiger partial charge in [0.2, 0.25) is 0 Å². The molecule has 2 N–H and O–H groups in total. The van der Waals surface area contributed by atoms with Crippen molar-refractivity contribution >= 4 is 44.3 Å². The zero-order valence-electron chi connectivity index (χ0n) is 10.0. The van der Waals surface area contributed by atoms with Gasteiger partial charge in [0.1, 0.15) is 0 Å². The van der Waals surface area contributed by atoms with Crippen LogP contribution in [0.25, 0.3) is 10.9 Å². The Balaban J connectivity index is 2.06. The highest BCUT2D eigenvalue weighted by molar-refractivity contribution is 9.10. The first kappa shape index (κ1) is 12.5. The number of hydrogen-bond acceptors (Lipinski definition) is 3. The van der Waals surface area contributed by atoms with Gasteiger partial charge < -0.3 is 5.73 Å². The molecule has 0 aliphatic carbocycles. The lowest BCUT2D eigenvalue weighted by molar-refractivity contribution is 1.37. The van der Waals surface area contributed by atoms with E-state index >= 15 is 0 Å². The second-order valence-corrected chi connectivity index (χ2v) is 6.14. The molecule has 0 aliphatic rings. The molecule has 94 valence electrons. The van der Waals surface area contributed by atoms with Crippen molar-refractivity contribution in [3.63, 3.8) is 0 Å². The van der Waals surface area contributed by atoms with Gasteiger partial charge in [0.05, 0.1) is 11.2 Å². The Morgan fingerprint density at radius 2 is 1.79 bits per heavy atom. The number of aromatic nitrogens is 1. The van der Waals surface area contributed by atoms with Gasteiger partial charge in [0.15, 0.2) is 0 Å². The number of benzene rings is 2. The molecule has 0 saturated carbocycles. The average Bonchev–Trinajstić information content (AvgIpc) is 2.45. The number of nitrogens with zero attached hydrogens (tertiary/aromatic N) is 1. The van der Waals surface area contributed by atoms with Crippen LogP contribution in [0, 0.1) is 0 Å². The molecule has 1 heterocycles. The number of nitrogens with two attached hydrogens (primary N) is 1. The predicted octanol–water partition coefficient (Wildman–Crippen LogP) is 4.73. The normalized spacial score (nSPS) is 10.8. The molecule has 0 unspecified atom stereocenters. The van der Waals surface area contributed by atoms with Crippen LogP contribution in [0.4, 0.5) is 5.69 Å². The summed E-state index contributed by atoms with van der Waals surface area (Å²) in [6.45, 7) is 0. The molecule has 0 aliphatic heterocycles. The van der Waals surface area contributed by atoms with Gasteiger partial charge >= 0.3 is 0 Å². The van der Waals surface area contributed by atoms with Gasteiger partial charge in [-0.1, -0.05) is 33.8 Å². The van der Waals surface area contributed by atoms with Crippen LogP contribution in [0.2, 0.25) is 0 Å². The molecule has 1 aromatic heterocycles. The van der Waals surface area contributed by atoms with E-state index in [4.69, 9.17) is 5.73 Å². The molecule has 0 fully saturated rings. The maximum Gasteiger partial charge on any atom is 0.0942 e. The van der Waals surface area contributed by atoms with Crippen LogP contribution in [0.15, 0.2) is 69.0 Å². The summed E-state index contributed by atoms with van der Waals surface area (Å²) in [5, 5.41) is 1.09. The predicted molar refractivity (Wildman–Crippen MR) is 84.4 cm³/mol. The lowest BCUT2D eigenvalue weighted by atomic mass is 10.2. The molecule has 4 heteroatoms. The van der Waals surface area contributed by atoms with Crippen molar-refractivity contribution in [3.8, 4) is 0 Å². The highest BCUT2D eigenvalue weighted by Gasteiger charge is 2.06. The summed E-state index contributed by atoms with van der Waals surface area (Å²) in [5.74, 6) is 0. The van der Waals surface area contributed by atoms with Crippen molar-refractivity contribution in [1.29, 1.82) is 0 Å². The van der Waals surface area contributed by atoms with Crippen molar-refractivity contribution < 1.29 is 0 Å². The van der Waals surface area contributed by atoms with Crippen LogP contribution in [-0.4, -0.2) is 4.98 Å². The Labute approximate surface area is 124 Å². The second-order valence-electron chi connectivity index (χ2n) is 4.11. The summed E-state index contributed by atoms with van der Waals surface area (Å²) < 4.78 is 1.08. The molecule has 0 amide bonds. The number of nitrogen functional groups attached to an aromatic ring is 1. The Morgan fingerprint density at radius 3 is 2.58 bits per heavy atom. The van der Waals surface area contributed by atoms with E-state index < -0.39 is 0 Å². The third-order valence-electron chi connectivity index (χ3n) is 2.80. The molecule has 0 radical (unpaired) electrons. The largest absolute Gasteiger partial charge is 0.397 e. The maximum absolute atomic E-state index is 5.96. The standard InChI is InChI=1S/C15H11BrN2S/c16-10-3-5-11(6-4-10)19-14-8-7-13(17)15-12(14)2-1-9-18-15/h1-9H,17H2. The topological polar surface area (TPSA) is 38.9 Å². The minimum absolute atomic E-state index is 0.718. The van der Waals surface area contributed by atoms with Gasteiger partial charge in [-0.15, -0.1) is 0 Å². The van der Waals surface area contributed by atoms with Crippen LogP contribution in [0.3, 0.4) is 0 Å². The third-order valence-corrected chi connectivity index (χ3v) is 4.41. The summed E-state index contributed by atoms with van der Waals surface area (Å²) in [5.41, 5.74) is 7.54. The number of pyridine rings is 1. The van der Waals surface area contributed by atoms with E-state index in [1.54, 1.807) is 18.0 Å². The molecular weight excluding hydrogens is 320 g/mol. The van der Waals surface area contributed by atoms with Gasteiger partial charge in [-0.3, -0.25) is 4.98 Å². The first-order valence-corrected chi connectivity index (χ1v) is 7.41. The fraction of sp³-hybridized carbons (Fsp3) is 0. The number of halogens is 1. The molecule has 3 aromatic rings. The SMILES string of the molecule is Nc1ccc(Sc2ccc(Br)cc2)c2cccnc12. The zero-order chi connectivity index (χ0) is 13.2. The minimum atomic E-state index is 0.718. The van der Waals surface area contributed by atoms with Crippen LogP contribution < -0.4 is 5.73 Å². The van der Waals surface area contributed by atoms with E-state index in [9.17, 15) is 0 Å². The Bertz CT molecular complexity index is 726. The zero-order valence-corrected chi connectivity index (χ0v) is 12.4. The smallest absolute Gasteiger partial charge is 0.0942 e. The average molecular weight is 331 g/mol. The molecule has 0 bridgehead atoms. The number of anilines is 1. The van der Waals surface area contributed by atoms with E-state index in [-0.39, 0.29) is 0 Å². The van der Waals surface area contributed by atoms with Crippen molar-refractivity contribution in [2.45, 2.75) is 9.79 Å². The van der Waals surface area contributed by atoms with E-state index in [1.165, 1.54) is 9.79 Å². The summed E-state index contributed by atoms with van der Waals surface area (Å²) in [4.78, 5) is 6.71. The Morgan fingerprint density at radius 1 is 1.00 bits per heavy atom. The lowest BCUT2D eigenvalue weighted by Crippen LogP contribution is -1.90. The first-order chi connectivity index (χ1) is 9.24. The third kappa shape index (κ3) is 2.60. The molecule has 2 aromatic carbocycles. The van der Waals surface area contributed by atoms with Crippen LogP contribution >= 0.6 is 27.7 Å². The van der Waals surface area contributed by atoms with Crippen LogP contribution in [0.1, 0.15) is 0 Å². The minimum Gasteiger partial charge on any atom is -0.397 e. The fourth-order valence-corrected chi connectivity index (χ4v) is 3.09. The first-order valence-electron chi connectivity index (χ1n) is 5.81. The molecule has 0 spiro atoms. The van der Waals surface area contributed by atoms with E-state index in [0.717, 1.165) is 21.1 Å². The van der Waals surface area contributed by atoms with Crippen LogP contribution in [-0.2, 0) is 0 Å². The van der Waals surface area contributed by atoms with E-state index in [2.05, 4.69) is 39.1 Å². The molecule has 19 heavy (non-hydrogen) atoms. The van der Waals surface area contributed by atoms with Gasteiger partial charge in [-0.25, -0.2) is 0 Å². The number of hydrogen-bond donors (Lipinski definition) is 1. The summed E-state index contributed by atoms with van der Waals surface area (Å²) in [7, 11) is 0. The maximum atomic E-state index is 5.96. The quantitative estimate of drug-likeness (QED) is 0.690. The van der Waals surface area contributed by atoms with Crippen LogP contribution in [0.5, 0.6) is 0 Å². The summed E-state index contributed by atoms with van der Waals surface area (Å²) in [6.07, 6.45) is 1.77. The lowest BCUT2D eigenvalue weighted by Gasteiger charge is -2.07. The van der Waals surface area contributed by atoms with E-state index in [1.807, 2.05) is 30.3 Å². The number of fused-ring (bicyclic) bond motifs is 1. The van der Waals surface area contributed by atoms with Crippen molar-refractivity contribution in [3.05, 3.63) is 59.2 Å². The van der Waals surface area contributed by atoms with Crippen molar-refractivity contribution in [2.75, 3.05) is 5.73 Å². The van der Waals surface area contributed by atoms with Gasteiger partial charge in [-0.05, 0) is 42.5 Å². The Hall–Kier alpha value is -1.52. The Kier molecular flexibility index (Phi) is 3.44.